The second-order valence-electron chi connectivity index (χ2n) is 4.67. The molecule has 1 aromatic heterocycles. The summed E-state index contributed by atoms with van der Waals surface area (Å²) in [5.41, 5.74) is -1.32. The lowest BCUT2D eigenvalue weighted by molar-refractivity contribution is 0.592. The number of nitrogens with zero attached hydrogens (tertiary/aromatic N) is 3. The van der Waals surface area contributed by atoms with Gasteiger partial charge in [0.1, 0.15) is 10.6 Å². The Morgan fingerprint density at radius 3 is 2.32 bits per heavy atom. The van der Waals surface area contributed by atoms with Gasteiger partial charge in [-0.15, -0.1) is 0 Å². The molecule has 0 aliphatic carbocycles. The highest BCUT2D eigenvalue weighted by Crippen LogP contribution is 2.25. The van der Waals surface area contributed by atoms with Crippen LogP contribution in [0.5, 0.6) is 0 Å². The Kier molecular flexibility index (Phi) is 4.30. The van der Waals surface area contributed by atoms with Crippen molar-refractivity contribution in [2.75, 3.05) is 11.4 Å². The zero-order chi connectivity index (χ0) is 16.7. The van der Waals surface area contributed by atoms with Crippen LogP contribution in [0.2, 0.25) is 0 Å². The van der Waals surface area contributed by atoms with E-state index in [1.165, 1.54) is 33.4 Å². The van der Waals surface area contributed by atoms with E-state index >= 15 is 0 Å². The zero-order valence-electron chi connectivity index (χ0n) is 12.1. The molecule has 0 bridgehead atoms. The van der Waals surface area contributed by atoms with Gasteiger partial charge in [0, 0.05) is 31.8 Å². The molecule has 22 heavy (non-hydrogen) atoms. The van der Waals surface area contributed by atoms with Crippen molar-refractivity contribution in [3.63, 3.8) is 0 Å². The van der Waals surface area contributed by atoms with Crippen molar-refractivity contribution in [2.24, 2.45) is 14.1 Å². The number of benzene rings is 1. The van der Waals surface area contributed by atoms with E-state index in [0.717, 1.165) is 13.4 Å². The fourth-order valence-corrected chi connectivity index (χ4v) is 4.08. The third kappa shape index (κ3) is 2.61. The van der Waals surface area contributed by atoms with Crippen molar-refractivity contribution in [3.8, 4) is 0 Å². The van der Waals surface area contributed by atoms with Crippen molar-refractivity contribution >= 4 is 31.6 Å². The first-order valence-electron chi connectivity index (χ1n) is 6.18. The molecule has 7 nitrogen and oxygen atoms in total. The maximum absolute atomic E-state index is 12.7. The number of rotatable bonds is 3. The summed E-state index contributed by atoms with van der Waals surface area (Å²) in [5, 5.41) is 0. The first-order chi connectivity index (χ1) is 10.2. The first-order valence-corrected chi connectivity index (χ1v) is 8.41. The van der Waals surface area contributed by atoms with Crippen LogP contribution in [0.15, 0.2) is 49.4 Å². The topological polar surface area (TPSA) is 81.4 Å². The van der Waals surface area contributed by atoms with Crippen LogP contribution >= 0.6 is 15.9 Å². The Labute approximate surface area is 135 Å². The highest BCUT2D eigenvalue weighted by molar-refractivity contribution is 9.10. The minimum absolute atomic E-state index is 0.0356. The molecule has 0 amide bonds. The molecule has 0 N–H and O–H groups in total. The van der Waals surface area contributed by atoms with Crippen LogP contribution in [-0.2, 0) is 24.1 Å². The van der Waals surface area contributed by atoms with Gasteiger partial charge < -0.3 is 4.57 Å². The molecule has 1 aromatic carbocycles. The molecular formula is C13H14BrN3O4S. The van der Waals surface area contributed by atoms with E-state index in [4.69, 9.17) is 0 Å². The van der Waals surface area contributed by atoms with E-state index in [-0.39, 0.29) is 10.6 Å². The van der Waals surface area contributed by atoms with E-state index in [1.54, 1.807) is 18.2 Å². The first kappa shape index (κ1) is 16.5. The van der Waals surface area contributed by atoms with Crippen LogP contribution in [0, 0.1) is 0 Å². The van der Waals surface area contributed by atoms with Crippen LogP contribution in [0.4, 0.5) is 5.69 Å². The summed E-state index contributed by atoms with van der Waals surface area (Å²) >= 11 is 3.19. The lowest BCUT2D eigenvalue weighted by atomic mass is 10.4. The third-order valence-electron chi connectivity index (χ3n) is 3.24. The predicted molar refractivity (Wildman–Crippen MR) is 86.7 cm³/mol. The molecule has 2 aromatic rings. The largest absolute Gasteiger partial charge is 0.330 e. The van der Waals surface area contributed by atoms with Crippen LogP contribution < -0.4 is 15.6 Å². The summed E-state index contributed by atoms with van der Waals surface area (Å²) in [6, 6.07) is 6.31. The molecule has 0 spiro atoms. The minimum atomic E-state index is -3.93. The van der Waals surface area contributed by atoms with Crippen molar-refractivity contribution < 1.29 is 8.42 Å². The van der Waals surface area contributed by atoms with Crippen LogP contribution in [0.1, 0.15) is 0 Å². The lowest BCUT2D eigenvalue weighted by Crippen LogP contribution is -2.41. The maximum atomic E-state index is 12.7. The second kappa shape index (κ2) is 5.73. The average Bonchev–Trinajstić information content (AvgIpc) is 2.48. The molecule has 0 saturated carbocycles. The molecular weight excluding hydrogens is 374 g/mol. The summed E-state index contributed by atoms with van der Waals surface area (Å²) in [6.07, 6.45) is 1.21. The smallest absolute Gasteiger partial charge is 0.301 e. The van der Waals surface area contributed by atoms with Gasteiger partial charge in [-0.1, -0.05) is 12.1 Å². The van der Waals surface area contributed by atoms with Gasteiger partial charge in [-0.25, -0.2) is 13.2 Å². The standard InChI is InChI=1S/C13H14BrN3O4S/c1-15-8-10(12(18)16(2)13(15)19)17(3)22(20,21)11-7-5-4-6-9(11)14/h4-8H,1-3H3. The van der Waals surface area contributed by atoms with Crippen molar-refractivity contribution in [2.45, 2.75) is 4.90 Å². The van der Waals surface area contributed by atoms with E-state index in [0.29, 0.717) is 4.47 Å². The Hall–Kier alpha value is -1.87. The monoisotopic (exact) mass is 387 g/mol. The fourth-order valence-electron chi connectivity index (χ4n) is 1.94. The van der Waals surface area contributed by atoms with E-state index < -0.39 is 21.3 Å². The number of halogens is 1. The third-order valence-corrected chi connectivity index (χ3v) is 6.03. The highest BCUT2D eigenvalue weighted by Gasteiger charge is 2.26. The van der Waals surface area contributed by atoms with Crippen LogP contribution in [0.25, 0.3) is 0 Å². The van der Waals surface area contributed by atoms with E-state index in [9.17, 15) is 18.0 Å². The molecule has 0 aliphatic rings. The van der Waals surface area contributed by atoms with Crippen LogP contribution in [-0.4, -0.2) is 24.6 Å². The molecule has 0 unspecified atom stereocenters. The van der Waals surface area contributed by atoms with Crippen LogP contribution in [0.3, 0.4) is 0 Å². The second-order valence-corrected chi connectivity index (χ2v) is 7.47. The zero-order valence-corrected chi connectivity index (χ0v) is 14.6. The van der Waals surface area contributed by atoms with Gasteiger partial charge in [0.25, 0.3) is 15.6 Å². The summed E-state index contributed by atoms with van der Waals surface area (Å²) in [4.78, 5) is 23.9. The predicted octanol–water partition coefficient (Wildman–Crippen LogP) is 0.672. The maximum Gasteiger partial charge on any atom is 0.330 e. The van der Waals surface area contributed by atoms with Gasteiger partial charge in [-0.05, 0) is 28.1 Å². The van der Waals surface area contributed by atoms with Gasteiger partial charge in [-0.2, -0.15) is 0 Å². The number of aromatic nitrogens is 2. The molecule has 0 radical (unpaired) electrons. The average molecular weight is 388 g/mol. The van der Waals surface area contributed by atoms with Gasteiger partial charge in [0.2, 0.25) is 0 Å². The molecule has 118 valence electrons. The molecule has 2 rings (SSSR count). The Morgan fingerprint density at radius 2 is 1.73 bits per heavy atom. The van der Waals surface area contributed by atoms with Gasteiger partial charge in [-0.3, -0.25) is 13.7 Å². The van der Waals surface area contributed by atoms with E-state index in [1.807, 2.05) is 0 Å². The number of anilines is 1. The number of aryl methyl sites for hydroxylation is 1. The minimum Gasteiger partial charge on any atom is -0.301 e. The Balaban J connectivity index is 2.68. The summed E-state index contributed by atoms with van der Waals surface area (Å²) in [6.45, 7) is 0. The van der Waals surface area contributed by atoms with Gasteiger partial charge in [0.05, 0.1) is 0 Å². The lowest BCUT2D eigenvalue weighted by Gasteiger charge is -2.20. The van der Waals surface area contributed by atoms with Crippen molar-refractivity contribution in [3.05, 3.63) is 55.8 Å². The van der Waals surface area contributed by atoms with Crippen molar-refractivity contribution in [1.29, 1.82) is 0 Å². The van der Waals surface area contributed by atoms with E-state index in [2.05, 4.69) is 15.9 Å². The number of sulfonamides is 1. The molecule has 0 aliphatic heterocycles. The van der Waals surface area contributed by atoms with Gasteiger partial charge >= 0.3 is 5.69 Å². The summed E-state index contributed by atoms with van der Waals surface area (Å²) in [5.74, 6) is 0. The summed E-state index contributed by atoms with van der Waals surface area (Å²) in [7, 11) is 0.0872. The molecule has 9 heteroatoms. The normalized spacial score (nSPS) is 11.5. The Bertz CT molecular complexity index is 946. The summed E-state index contributed by atoms with van der Waals surface area (Å²) < 4.78 is 28.6. The van der Waals surface area contributed by atoms with Gasteiger partial charge in [0.15, 0.2) is 0 Å². The van der Waals surface area contributed by atoms with Crippen molar-refractivity contribution in [1.82, 2.24) is 9.13 Å². The highest BCUT2D eigenvalue weighted by atomic mass is 79.9. The molecule has 0 fully saturated rings. The molecule has 1 heterocycles. The molecule has 0 saturated heterocycles. The molecule has 0 atom stereocenters. The number of hydrogen-bond donors (Lipinski definition) is 0. The number of hydrogen-bond acceptors (Lipinski definition) is 4. The fraction of sp³-hybridized carbons (Fsp3) is 0.231. The Morgan fingerprint density at radius 1 is 1.14 bits per heavy atom. The SMILES string of the molecule is CN(c1cn(C)c(=O)n(C)c1=O)S(=O)(=O)c1ccccc1Br. The quantitative estimate of drug-likeness (QED) is 0.774.